The van der Waals surface area contributed by atoms with Gasteiger partial charge in [-0.2, -0.15) is 0 Å². The fourth-order valence-corrected chi connectivity index (χ4v) is 4.52. The van der Waals surface area contributed by atoms with Gasteiger partial charge in [0, 0.05) is 27.8 Å². The molecule has 0 aliphatic carbocycles. The maximum atomic E-state index is 11.2. The lowest BCUT2D eigenvalue weighted by Gasteiger charge is -2.28. The summed E-state index contributed by atoms with van der Waals surface area (Å²) in [4.78, 5) is 8.56. The molecular weight excluding hydrogens is 463 g/mol. The Morgan fingerprint density at radius 1 is 0.765 bits per heavy atom. The van der Waals surface area contributed by atoms with E-state index in [2.05, 4.69) is 46.5 Å². The number of phenols is 1. The molecule has 34 heavy (non-hydrogen) atoms. The molecule has 1 aromatic heterocycles. The van der Waals surface area contributed by atoms with Gasteiger partial charge in [0.25, 0.3) is 0 Å². The number of nitrogens with zero attached hydrogens (tertiary/aromatic N) is 1. The summed E-state index contributed by atoms with van der Waals surface area (Å²) >= 11 is 13.0. The predicted octanol–water partition coefficient (Wildman–Crippen LogP) is 9.02. The van der Waals surface area contributed by atoms with Crippen molar-refractivity contribution in [2.75, 3.05) is 0 Å². The Morgan fingerprint density at radius 2 is 1.35 bits per heavy atom. The van der Waals surface area contributed by atoms with Crippen molar-refractivity contribution in [3.8, 4) is 39.7 Å². The van der Waals surface area contributed by atoms with E-state index in [-0.39, 0.29) is 10.8 Å². The topological polar surface area (TPSA) is 48.9 Å². The van der Waals surface area contributed by atoms with Crippen LogP contribution in [0.4, 0.5) is 0 Å². The van der Waals surface area contributed by atoms with Crippen molar-refractivity contribution in [1.29, 1.82) is 0 Å². The first-order valence-electron chi connectivity index (χ1n) is 11.4. The summed E-state index contributed by atoms with van der Waals surface area (Å²) in [6.07, 6.45) is 0. The normalized spacial score (nSPS) is 12.2. The number of hydrogen-bond donors (Lipinski definition) is 2. The lowest BCUT2D eigenvalue weighted by molar-refractivity contribution is 0.423. The van der Waals surface area contributed by atoms with Gasteiger partial charge in [0.2, 0.25) is 0 Å². The van der Waals surface area contributed by atoms with Gasteiger partial charge in [0.1, 0.15) is 11.6 Å². The van der Waals surface area contributed by atoms with Crippen LogP contribution in [0.2, 0.25) is 10.0 Å². The number of imidazole rings is 1. The first kappa shape index (κ1) is 24.4. The maximum absolute atomic E-state index is 11.2. The van der Waals surface area contributed by atoms with Crippen LogP contribution in [0.3, 0.4) is 0 Å². The summed E-state index contributed by atoms with van der Waals surface area (Å²) in [6.45, 7) is 12.6. The molecule has 0 atom stereocenters. The number of rotatable bonds is 3. The fourth-order valence-electron chi connectivity index (χ4n) is 4.12. The summed E-state index contributed by atoms with van der Waals surface area (Å²) in [5.74, 6) is 1.05. The summed E-state index contributed by atoms with van der Waals surface area (Å²) in [7, 11) is 0. The Labute approximate surface area is 211 Å². The van der Waals surface area contributed by atoms with Gasteiger partial charge in [0.05, 0.1) is 21.4 Å². The number of aromatic hydroxyl groups is 1. The second kappa shape index (κ2) is 8.79. The molecule has 3 aromatic carbocycles. The van der Waals surface area contributed by atoms with Gasteiger partial charge in [-0.3, -0.25) is 0 Å². The number of H-pyrrole nitrogens is 1. The molecule has 0 unspecified atom stereocenters. The van der Waals surface area contributed by atoms with E-state index in [1.807, 2.05) is 54.6 Å². The molecule has 3 nitrogen and oxygen atoms in total. The zero-order chi connectivity index (χ0) is 24.8. The van der Waals surface area contributed by atoms with Crippen LogP contribution in [0.5, 0.6) is 5.75 Å². The van der Waals surface area contributed by atoms with Crippen LogP contribution in [0.15, 0.2) is 60.7 Å². The van der Waals surface area contributed by atoms with Gasteiger partial charge in [-0.05, 0) is 29.0 Å². The zero-order valence-electron chi connectivity index (χ0n) is 20.4. The molecule has 0 saturated carbocycles. The molecule has 1 heterocycles. The number of aromatic nitrogens is 2. The van der Waals surface area contributed by atoms with Crippen LogP contribution in [-0.4, -0.2) is 15.1 Å². The summed E-state index contributed by atoms with van der Waals surface area (Å²) in [5.41, 5.74) is 5.56. The first-order chi connectivity index (χ1) is 15.9. The third-order valence-corrected chi connectivity index (χ3v) is 6.79. The molecule has 4 aromatic rings. The van der Waals surface area contributed by atoms with E-state index < -0.39 is 0 Å². The van der Waals surface area contributed by atoms with Crippen LogP contribution < -0.4 is 0 Å². The van der Waals surface area contributed by atoms with Crippen molar-refractivity contribution in [2.45, 2.75) is 52.4 Å². The average molecular weight is 493 g/mol. The molecular formula is C29H30Cl2N2O. The molecule has 5 heteroatoms. The largest absolute Gasteiger partial charge is 0.507 e. The Balaban J connectivity index is 2.02. The van der Waals surface area contributed by atoms with Crippen LogP contribution in [0.1, 0.15) is 52.7 Å². The first-order valence-corrected chi connectivity index (χ1v) is 12.1. The number of nitrogens with one attached hydrogen (secondary N) is 1. The van der Waals surface area contributed by atoms with E-state index in [4.69, 9.17) is 28.2 Å². The zero-order valence-corrected chi connectivity index (χ0v) is 21.9. The highest BCUT2D eigenvalue weighted by atomic mass is 35.5. The minimum absolute atomic E-state index is 0.242. The lowest BCUT2D eigenvalue weighted by atomic mass is 9.78. The van der Waals surface area contributed by atoms with E-state index in [1.54, 1.807) is 6.07 Å². The molecule has 4 rings (SSSR count). The monoisotopic (exact) mass is 492 g/mol. The molecule has 0 radical (unpaired) electrons. The van der Waals surface area contributed by atoms with Crippen molar-refractivity contribution in [1.82, 2.24) is 9.97 Å². The van der Waals surface area contributed by atoms with Gasteiger partial charge in [-0.1, -0.05) is 107 Å². The van der Waals surface area contributed by atoms with E-state index in [0.29, 0.717) is 21.6 Å². The number of halogens is 2. The van der Waals surface area contributed by atoms with Gasteiger partial charge in [-0.15, -0.1) is 0 Å². The van der Waals surface area contributed by atoms with E-state index in [0.717, 1.165) is 39.2 Å². The van der Waals surface area contributed by atoms with Crippen molar-refractivity contribution in [3.05, 3.63) is 81.8 Å². The van der Waals surface area contributed by atoms with Crippen molar-refractivity contribution >= 4 is 23.2 Å². The maximum Gasteiger partial charge on any atom is 0.138 e. The molecule has 0 amide bonds. The third kappa shape index (κ3) is 4.60. The van der Waals surface area contributed by atoms with Gasteiger partial charge < -0.3 is 10.1 Å². The minimum atomic E-state index is -0.242. The number of benzene rings is 3. The van der Waals surface area contributed by atoms with E-state index in [1.165, 1.54) is 0 Å². The summed E-state index contributed by atoms with van der Waals surface area (Å²) in [6, 6.07) is 19.7. The molecule has 0 aliphatic rings. The SMILES string of the molecule is CC(C)(C)c1cc(-c2nc(-c3ccccc3)c(-c3cccc(Cl)c3Cl)[nH]2)cc(C(C)(C)C)c1O. The Kier molecular flexibility index (Phi) is 6.30. The highest BCUT2D eigenvalue weighted by Gasteiger charge is 2.28. The Morgan fingerprint density at radius 3 is 1.91 bits per heavy atom. The third-order valence-electron chi connectivity index (χ3n) is 5.97. The van der Waals surface area contributed by atoms with Gasteiger partial charge >= 0.3 is 0 Å². The molecule has 0 saturated heterocycles. The van der Waals surface area contributed by atoms with Crippen LogP contribution in [0, 0.1) is 0 Å². The molecule has 0 spiro atoms. The number of phenolic OH excluding ortho intramolecular Hbond substituents is 1. The second-order valence-electron chi connectivity index (χ2n) is 10.7. The van der Waals surface area contributed by atoms with Crippen LogP contribution in [0.25, 0.3) is 33.9 Å². The quantitative estimate of drug-likeness (QED) is 0.299. The highest BCUT2D eigenvalue weighted by molar-refractivity contribution is 6.43. The Bertz CT molecular complexity index is 1310. The summed E-state index contributed by atoms with van der Waals surface area (Å²) in [5, 5.41) is 12.1. The van der Waals surface area contributed by atoms with Gasteiger partial charge in [0.15, 0.2) is 0 Å². The molecule has 0 fully saturated rings. The fraction of sp³-hybridized carbons (Fsp3) is 0.276. The smallest absolute Gasteiger partial charge is 0.138 e. The van der Waals surface area contributed by atoms with Crippen LogP contribution >= 0.6 is 23.2 Å². The average Bonchev–Trinajstić information content (AvgIpc) is 3.20. The van der Waals surface area contributed by atoms with E-state index >= 15 is 0 Å². The highest BCUT2D eigenvalue weighted by Crippen LogP contribution is 2.43. The second-order valence-corrected chi connectivity index (χ2v) is 11.5. The van der Waals surface area contributed by atoms with Crippen molar-refractivity contribution < 1.29 is 5.11 Å². The summed E-state index contributed by atoms with van der Waals surface area (Å²) < 4.78 is 0. The molecule has 0 aliphatic heterocycles. The van der Waals surface area contributed by atoms with E-state index in [9.17, 15) is 5.11 Å². The standard InChI is InChI=1S/C29H30Cl2N2O/c1-28(2,3)20-15-18(16-21(26(20)34)29(4,5)6)27-32-24(17-11-8-7-9-12-17)25(33-27)19-13-10-14-22(30)23(19)31/h7-16,34H,1-6H3,(H,32,33). The number of hydrogen-bond acceptors (Lipinski definition) is 2. The Hall–Kier alpha value is -2.75. The molecule has 2 N–H and O–H groups in total. The minimum Gasteiger partial charge on any atom is -0.507 e. The van der Waals surface area contributed by atoms with Gasteiger partial charge in [-0.25, -0.2) is 4.98 Å². The number of aromatic amines is 1. The molecule has 0 bridgehead atoms. The van der Waals surface area contributed by atoms with Crippen LogP contribution in [-0.2, 0) is 10.8 Å². The van der Waals surface area contributed by atoms with Crippen molar-refractivity contribution in [3.63, 3.8) is 0 Å². The molecule has 176 valence electrons. The van der Waals surface area contributed by atoms with Crippen molar-refractivity contribution in [2.24, 2.45) is 0 Å². The lowest BCUT2D eigenvalue weighted by Crippen LogP contribution is -2.17. The predicted molar refractivity (Wildman–Crippen MR) is 144 cm³/mol.